The Morgan fingerprint density at radius 3 is 2.17 bits per heavy atom. The molecule has 5 nitrogen and oxygen atoms in total. The van der Waals surface area contributed by atoms with Crippen molar-refractivity contribution >= 4 is 5.97 Å². The molecule has 0 aromatic heterocycles. The second-order valence-corrected chi connectivity index (χ2v) is 5.89. The van der Waals surface area contributed by atoms with Crippen LogP contribution >= 0.6 is 0 Å². The molecule has 0 unspecified atom stereocenters. The molecule has 0 radical (unpaired) electrons. The van der Waals surface area contributed by atoms with Crippen LogP contribution in [0, 0.1) is 0 Å². The molecule has 2 aromatic rings. The topological polar surface area (TPSA) is 65.0 Å². The van der Waals surface area contributed by atoms with Crippen molar-refractivity contribution in [2.45, 2.75) is 19.3 Å². The zero-order valence-corrected chi connectivity index (χ0v) is 14.5. The molecule has 0 aliphatic carbocycles. The van der Waals surface area contributed by atoms with E-state index in [2.05, 4.69) is 0 Å². The molecule has 0 aliphatic heterocycles. The predicted octanol–water partition coefficient (Wildman–Crippen LogP) is 3.74. The molecule has 5 heteroatoms. The third kappa shape index (κ3) is 3.02. The fraction of sp³-hybridized carbons (Fsp3) is 0.316. The van der Waals surface area contributed by atoms with Crippen LogP contribution in [-0.4, -0.2) is 32.4 Å². The molecule has 0 saturated heterocycles. The maximum Gasteiger partial charge on any atom is 0.313 e. The van der Waals surface area contributed by atoms with Crippen LogP contribution in [0.4, 0.5) is 0 Å². The van der Waals surface area contributed by atoms with Gasteiger partial charge >= 0.3 is 5.97 Å². The Bertz CT molecular complexity index is 749. The number of aliphatic carboxylic acids is 1. The second-order valence-electron chi connectivity index (χ2n) is 5.89. The number of methoxy groups -OCH3 is 3. The van der Waals surface area contributed by atoms with Gasteiger partial charge in [-0.1, -0.05) is 18.2 Å². The molecule has 0 atom stereocenters. The van der Waals surface area contributed by atoms with Gasteiger partial charge in [-0.05, 0) is 43.2 Å². The SMILES string of the molecule is COc1ccc(-c2cccc(C(C)(C)C(=O)O)c2)c(OC)c1OC. The van der Waals surface area contributed by atoms with E-state index in [4.69, 9.17) is 14.2 Å². The summed E-state index contributed by atoms with van der Waals surface area (Å²) in [6, 6.07) is 11.1. The smallest absolute Gasteiger partial charge is 0.313 e. The highest BCUT2D eigenvalue weighted by Gasteiger charge is 2.30. The molecule has 0 fully saturated rings. The van der Waals surface area contributed by atoms with Crippen molar-refractivity contribution in [2.75, 3.05) is 21.3 Å². The number of ether oxygens (including phenoxy) is 3. The summed E-state index contributed by atoms with van der Waals surface area (Å²) in [5.74, 6) is 0.738. The first-order chi connectivity index (χ1) is 11.4. The minimum Gasteiger partial charge on any atom is -0.493 e. The Balaban J connectivity index is 2.63. The zero-order chi connectivity index (χ0) is 17.9. The number of carboxylic acids is 1. The zero-order valence-electron chi connectivity index (χ0n) is 14.5. The number of rotatable bonds is 6. The fourth-order valence-electron chi connectivity index (χ4n) is 2.53. The van der Waals surface area contributed by atoms with Gasteiger partial charge in [-0.25, -0.2) is 0 Å². The van der Waals surface area contributed by atoms with Crippen molar-refractivity contribution < 1.29 is 24.1 Å². The normalized spacial score (nSPS) is 11.0. The van der Waals surface area contributed by atoms with E-state index in [0.717, 1.165) is 11.1 Å². The second kappa shape index (κ2) is 6.83. The van der Waals surface area contributed by atoms with E-state index < -0.39 is 11.4 Å². The minimum atomic E-state index is -0.986. The minimum absolute atomic E-state index is 0.500. The summed E-state index contributed by atoms with van der Waals surface area (Å²) in [6.07, 6.45) is 0. The average molecular weight is 330 g/mol. The van der Waals surface area contributed by atoms with Gasteiger partial charge < -0.3 is 19.3 Å². The molecule has 0 spiro atoms. The van der Waals surface area contributed by atoms with Crippen LogP contribution in [0.25, 0.3) is 11.1 Å². The highest BCUT2D eigenvalue weighted by molar-refractivity contribution is 5.82. The first-order valence-corrected chi connectivity index (χ1v) is 7.50. The third-order valence-corrected chi connectivity index (χ3v) is 4.13. The van der Waals surface area contributed by atoms with Crippen molar-refractivity contribution in [1.29, 1.82) is 0 Å². The lowest BCUT2D eigenvalue weighted by molar-refractivity contribution is -0.142. The van der Waals surface area contributed by atoms with Gasteiger partial charge in [0, 0.05) is 5.56 Å². The van der Waals surface area contributed by atoms with Crippen LogP contribution in [0.1, 0.15) is 19.4 Å². The monoisotopic (exact) mass is 330 g/mol. The van der Waals surface area contributed by atoms with Gasteiger partial charge in [0.25, 0.3) is 0 Å². The maximum absolute atomic E-state index is 11.5. The Morgan fingerprint density at radius 1 is 0.958 bits per heavy atom. The molecule has 2 aromatic carbocycles. The highest BCUT2D eigenvalue weighted by atomic mass is 16.5. The van der Waals surface area contributed by atoms with Crippen molar-refractivity contribution in [3.8, 4) is 28.4 Å². The lowest BCUT2D eigenvalue weighted by atomic mass is 9.83. The van der Waals surface area contributed by atoms with E-state index in [1.807, 2.05) is 30.3 Å². The summed E-state index contributed by atoms with van der Waals surface area (Å²) >= 11 is 0. The van der Waals surface area contributed by atoms with Gasteiger partial charge in [0.2, 0.25) is 5.75 Å². The standard InChI is InChI=1S/C19H22O5/c1-19(2,18(20)21)13-8-6-7-12(11-13)14-9-10-15(22-3)17(24-5)16(14)23-4/h6-11H,1-5H3,(H,20,21). The van der Waals surface area contributed by atoms with Gasteiger partial charge in [0.1, 0.15) is 0 Å². The first kappa shape index (κ1) is 17.7. The lowest BCUT2D eigenvalue weighted by Gasteiger charge is -2.21. The Labute approximate surface area is 141 Å². The molecule has 128 valence electrons. The quantitative estimate of drug-likeness (QED) is 0.874. The molecule has 0 amide bonds. The third-order valence-electron chi connectivity index (χ3n) is 4.13. The summed E-state index contributed by atoms with van der Waals surface area (Å²) in [5.41, 5.74) is 1.38. The number of carboxylic acid groups (broad SMARTS) is 1. The molecule has 0 heterocycles. The van der Waals surface area contributed by atoms with Crippen molar-refractivity contribution in [1.82, 2.24) is 0 Å². The first-order valence-electron chi connectivity index (χ1n) is 7.50. The Hall–Kier alpha value is -2.69. The maximum atomic E-state index is 11.5. The lowest BCUT2D eigenvalue weighted by Crippen LogP contribution is -2.28. The van der Waals surface area contributed by atoms with E-state index in [-0.39, 0.29) is 0 Å². The van der Waals surface area contributed by atoms with Crippen molar-refractivity contribution in [3.63, 3.8) is 0 Å². The molecular weight excluding hydrogens is 308 g/mol. The fourth-order valence-corrected chi connectivity index (χ4v) is 2.53. The summed E-state index contributed by atoms with van der Waals surface area (Å²) < 4.78 is 16.2. The number of carbonyl (C=O) groups is 1. The van der Waals surface area contributed by atoms with Gasteiger partial charge in [0.15, 0.2) is 11.5 Å². The average Bonchev–Trinajstić information content (AvgIpc) is 2.60. The van der Waals surface area contributed by atoms with Crippen LogP contribution in [0.5, 0.6) is 17.2 Å². The number of benzene rings is 2. The van der Waals surface area contributed by atoms with Crippen LogP contribution in [0.15, 0.2) is 36.4 Å². The molecule has 1 N–H and O–H groups in total. The molecule has 0 aliphatic rings. The van der Waals surface area contributed by atoms with Crippen LogP contribution in [0.2, 0.25) is 0 Å². The van der Waals surface area contributed by atoms with Crippen LogP contribution in [-0.2, 0) is 10.2 Å². The van der Waals surface area contributed by atoms with E-state index in [9.17, 15) is 9.90 Å². The summed E-state index contributed by atoms with van der Waals surface area (Å²) in [6.45, 7) is 3.36. The molecule has 24 heavy (non-hydrogen) atoms. The van der Waals surface area contributed by atoms with Crippen LogP contribution < -0.4 is 14.2 Å². The molecular formula is C19H22O5. The largest absolute Gasteiger partial charge is 0.493 e. The number of hydrogen-bond acceptors (Lipinski definition) is 4. The Kier molecular flexibility index (Phi) is 5.02. The van der Waals surface area contributed by atoms with Gasteiger partial charge in [0.05, 0.1) is 26.7 Å². The number of hydrogen-bond donors (Lipinski definition) is 1. The molecule has 0 saturated carbocycles. The van der Waals surface area contributed by atoms with E-state index in [1.54, 1.807) is 41.2 Å². The van der Waals surface area contributed by atoms with Gasteiger partial charge in [-0.3, -0.25) is 4.79 Å². The van der Waals surface area contributed by atoms with Crippen molar-refractivity contribution in [2.24, 2.45) is 0 Å². The Morgan fingerprint density at radius 2 is 1.62 bits per heavy atom. The van der Waals surface area contributed by atoms with Crippen LogP contribution in [0.3, 0.4) is 0 Å². The summed E-state index contributed by atoms with van der Waals surface area (Å²) in [5, 5.41) is 9.45. The van der Waals surface area contributed by atoms with E-state index in [1.165, 1.54) is 0 Å². The summed E-state index contributed by atoms with van der Waals surface area (Å²) in [4.78, 5) is 11.5. The van der Waals surface area contributed by atoms with Gasteiger partial charge in [-0.15, -0.1) is 0 Å². The molecule has 0 bridgehead atoms. The predicted molar refractivity (Wildman–Crippen MR) is 92.2 cm³/mol. The van der Waals surface area contributed by atoms with Gasteiger partial charge in [-0.2, -0.15) is 0 Å². The highest BCUT2D eigenvalue weighted by Crippen LogP contribution is 2.44. The van der Waals surface area contributed by atoms with Crippen molar-refractivity contribution in [3.05, 3.63) is 42.0 Å². The van der Waals surface area contributed by atoms with E-state index in [0.29, 0.717) is 22.8 Å². The summed E-state index contributed by atoms with van der Waals surface area (Å²) in [7, 11) is 4.67. The molecule has 2 rings (SSSR count). The van der Waals surface area contributed by atoms with E-state index >= 15 is 0 Å².